The average Bonchev–Trinajstić information content (AvgIpc) is 2.73. The molecule has 2 aromatic rings. The van der Waals surface area contributed by atoms with Crippen LogP contribution in [0.5, 0.6) is 11.5 Å². The monoisotopic (exact) mass is 413 g/mol. The second kappa shape index (κ2) is 10.3. The normalized spacial score (nSPS) is 10.2. The minimum absolute atomic E-state index is 0.126. The van der Waals surface area contributed by atoms with Crippen LogP contribution in [0.2, 0.25) is 0 Å². The van der Waals surface area contributed by atoms with Crippen molar-refractivity contribution in [1.82, 2.24) is 10.2 Å². The first-order valence-corrected chi connectivity index (χ1v) is 9.37. The van der Waals surface area contributed by atoms with Crippen molar-refractivity contribution in [3.05, 3.63) is 53.1 Å². The summed E-state index contributed by atoms with van der Waals surface area (Å²) in [6.45, 7) is 3.45. The number of anilines is 1. The SMILES string of the molecule is COc1ccc(C(=O)NCC(=O)N(C)CC(=O)Nc2c(C)cccc2C)cc1OC. The van der Waals surface area contributed by atoms with Crippen LogP contribution in [-0.4, -0.2) is 57.0 Å². The third-order valence-corrected chi connectivity index (χ3v) is 4.60. The Morgan fingerprint density at radius 3 is 2.20 bits per heavy atom. The maximum atomic E-state index is 12.3. The Kier molecular flexibility index (Phi) is 7.80. The number of ether oxygens (including phenoxy) is 2. The maximum absolute atomic E-state index is 12.3. The number of hydrogen-bond donors (Lipinski definition) is 2. The Morgan fingerprint density at radius 1 is 0.967 bits per heavy atom. The number of nitrogens with one attached hydrogen (secondary N) is 2. The number of methoxy groups -OCH3 is 2. The zero-order valence-corrected chi connectivity index (χ0v) is 17.9. The van der Waals surface area contributed by atoms with Crippen molar-refractivity contribution in [2.75, 3.05) is 39.7 Å². The fraction of sp³-hybridized carbons (Fsp3) is 0.318. The Morgan fingerprint density at radius 2 is 1.60 bits per heavy atom. The largest absolute Gasteiger partial charge is 0.493 e. The summed E-state index contributed by atoms with van der Waals surface area (Å²) >= 11 is 0. The third-order valence-electron chi connectivity index (χ3n) is 4.60. The molecule has 2 aromatic carbocycles. The summed E-state index contributed by atoms with van der Waals surface area (Å²) in [5.74, 6) is -0.218. The fourth-order valence-electron chi connectivity index (χ4n) is 2.86. The van der Waals surface area contributed by atoms with E-state index in [0.29, 0.717) is 17.1 Å². The molecule has 0 aromatic heterocycles. The molecule has 0 spiro atoms. The van der Waals surface area contributed by atoms with Gasteiger partial charge < -0.3 is 25.0 Å². The minimum Gasteiger partial charge on any atom is -0.493 e. The van der Waals surface area contributed by atoms with Gasteiger partial charge in [0.1, 0.15) is 0 Å². The first-order chi connectivity index (χ1) is 14.3. The van der Waals surface area contributed by atoms with Crippen molar-refractivity contribution in [1.29, 1.82) is 0 Å². The predicted octanol–water partition coefficient (Wildman–Crippen LogP) is 2.15. The number of carbonyl (C=O) groups is 3. The molecular weight excluding hydrogens is 386 g/mol. The highest BCUT2D eigenvalue weighted by molar-refractivity contribution is 5.98. The van der Waals surface area contributed by atoms with Crippen LogP contribution in [0.3, 0.4) is 0 Å². The number of rotatable bonds is 8. The van der Waals surface area contributed by atoms with E-state index in [-0.39, 0.29) is 24.9 Å². The maximum Gasteiger partial charge on any atom is 0.251 e. The molecule has 0 bridgehead atoms. The lowest BCUT2D eigenvalue weighted by atomic mass is 10.1. The average molecular weight is 413 g/mol. The van der Waals surface area contributed by atoms with E-state index in [9.17, 15) is 14.4 Å². The molecular formula is C22H27N3O5. The lowest BCUT2D eigenvalue weighted by molar-refractivity contribution is -0.132. The molecule has 0 radical (unpaired) electrons. The molecule has 0 heterocycles. The Hall–Kier alpha value is -3.55. The van der Waals surface area contributed by atoms with Gasteiger partial charge in [0, 0.05) is 18.3 Å². The van der Waals surface area contributed by atoms with Crippen LogP contribution in [0.1, 0.15) is 21.5 Å². The van der Waals surface area contributed by atoms with Crippen LogP contribution in [-0.2, 0) is 9.59 Å². The molecule has 0 fully saturated rings. The summed E-state index contributed by atoms with van der Waals surface area (Å²) < 4.78 is 10.3. The second-order valence-electron chi connectivity index (χ2n) is 6.82. The molecule has 0 unspecified atom stereocenters. The Balaban J connectivity index is 1.89. The van der Waals surface area contributed by atoms with E-state index in [2.05, 4.69) is 10.6 Å². The van der Waals surface area contributed by atoms with Crippen molar-refractivity contribution in [2.24, 2.45) is 0 Å². The van der Waals surface area contributed by atoms with Crippen molar-refractivity contribution >= 4 is 23.4 Å². The standard InChI is InChI=1S/C22H27N3O5/c1-14-7-6-8-15(2)21(14)24-19(26)13-25(3)20(27)12-23-22(28)16-9-10-17(29-4)18(11-16)30-5/h6-11H,12-13H2,1-5H3,(H,23,28)(H,24,26). The first-order valence-electron chi connectivity index (χ1n) is 9.37. The lowest BCUT2D eigenvalue weighted by Gasteiger charge is -2.18. The number of amides is 3. The number of carbonyl (C=O) groups excluding carboxylic acids is 3. The number of para-hydroxylation sites is 1. The molecule has 0 aliphatic rings. The van der Waals surface area contributed by atoms with Crippen LogP contribution in [0.4, 0.5) is 5.69 Å². The molecule has 8 nitrogen and oxygen atoms in total. The van der Waals surface area contributed by atoms with E-state index in [1.165, 1.54) is 32.2 Å². The highest BCUT2D eigenvalue weighted by Crippen LogP contribution is 2.27. The minimum atomic E-state index is -0.433. The van der Waals surface area contributed by atoms with Gasteiger partial charge in [-0.25, -0.2) is 0 Å². The molecule has 2 rings (SSSR count). The van der Waals surface area contributed by atoms with Crippen LogP contribution < -0.4 is 20.1 Å². The zero-order valence-electron chi connectivity index (χ0n) is 17.9. The topological polar surface area (TPSA) is 97.0 Å². The van der Waals surface area contributed by atoms with Gasteiger partial charge in [-0.05, 0) is 43.2 Å². The lowest BCUT2D eigenvalue weighted by Crippen LogP contribution is -2.41. The fourth-order valence-corrected chi connectivity index (χ4v) is 2.86. The van der Waals surface area contributed by atoms with Crippen molar-refractivity contribution < 1.29 is 23.9 Å². The number of likely N-dealkylation sites (N-methyl/N-ethyl adjacent to an activating group) is 1. The van der Waals surface area contributed by atoms with Gasteiger partial charge in [-0.3, -0.25) is 14.4 Å². The van der Waals surface area contributed by atoms with Crippen LogP contribution >= 0.6 is 0 Å². The van der Waals surface area contributed by atoms with Crippen LogP contribution in [0, 0.1) is 13.8 Å². The van der Waals surface area contributed by atoms with Crippen LogP contribution in [0.25, 0.3) is 0 Å². The number of aryl methyl sites for hydroxylation is 2. The molecule has 160 valence electrons. The van der Waals surface area contributed by atoms with Crippen molar-refractivity contribution in [3.63, 3.8) is 0 Å². The number of hydrogen-bond acceptors (Lipinski definition) is 5. The summed E-state index contributed by atoms with van der Waals surface area (Å²) in [6.07, 6.45) is 0. The van der Waals surface area contributed by atoms with E-state index in [4.69, 9.17) is 9.47 Å². The molecule has 2 N–H and O–H groups in total. The second-order valence-corrected chi connectivity index (χ2v) is 6.82. The zero-order chi connectivity index (χ0) is 22.3. The molecule has 0 saturated heterocycles. The molecule has 3 amide bonds. The van der Waals surface area contributed by atoms with E-state index < -0.39 is 5.91 Å². The molecule has 8 heteroatoms. The smallest absolute Gasteiger partial charge is 0.251 e. The highest BCUT2D eigenvalue weighted by Gasteiger charge is 2.16. The van der Waals surface area contributed by atoms with Gasteiger partial charge in [-0.1, -0.05) is 18.2 Å². The molecule has 0 atom stereocenters. The molecule has 0 aliphatic carbocycles. The van der Waals surface area contributed by atoms with Gasteiger partial charge in [0.15, 0.2) is 11.5 Å². The van der Waals surface area contributed by atoms with Gasteiger partial charge in [0.25, 0.3) is 5.91 Å². The summed E-state index contributed by atoms with van der Waals surface area (Å²) in [5.41, 5.74) is 2.96. The van der Waals surface area contributed by atoms with E-state index in [1.54, 1.807) is 12.1 Å². The summed E-state index contributed by atoms with van der Waals surface area (Å²) in [7, 11) is 4.49. The Bertz CT molecular complexity index is 922. The number of nitrogens with zero attached hydrogens (tertiary/aromatic N) is 1. The summed E-state index contributed by atoms with van der Waals surface area (Å²) in [5, 5.41) is 5.38. The van der Waals surface area contributed by atoms with Crippen molar-refractivity contribution in [3.8, 4) is 11.5 Å². The quantitative estimate of drug-likeness (QED) is 0.691. The third kappa shape index (κ3) is 5.73. The molecule has 0 aliphatic heterocycles. The van der Waals surface area contributed by atoms with Crippen LogP contribution in [0.15, 0.2) is 36.4 Å². The van der Waals surface area contributed by atoms with E-state index in [0.717, 1.165) is 16.8 Å². The van der Waals surface area contributed by atoms with Gasteiger partial charge in [0.2, 0.25) is 11.8 Å². The first kappa shape index (κ1) is 22.7. The Labute approximate surface area is 176 Å². The van der Waals surface area contributed by atoms with E-state index >= 15 is 0 Å². The molecule has 0 saturated carbocycles. The van der Waals surface area contributed by atoms with Gasteiger partial charge in [-0.15, -0.1) is 0 Å². The molecule has 30 heavy (non-hydrogen) atoms. The van der Waals surface area contributed by atoms with Gasteiger partial charge in [0.05, 0.1) is 27.3 Å². The van der Waals surface area contributed by atoms with E-state index in [1.807, 2.05) is 32.0 Å². The number of benzene rings is 2. The highest BCUT2D eigenvalue weighted by atomic mass is 16.5. The summed E-state index contributed by atoms with van der Waals surface area (Å²) in [6, 6.07) is 10.4. The predicted molar refractivity (Wildman–Crippen MR) is 114 cm³/mol. The van der Waals surface area contributed by atoms with Crippen molar-refractivity contribution in [2.45, 2.75) is 13.8 Å². The summed E-state index contributed by atoms with van der Waals surface area (Å²) in [4.78, 5) is 38.2. The van der Waals surface area contributed by atoms with Gasteiger partial charge in [-0.2, -0.15) is 0 Å². The van der Waals surface area contributed by atoms with Gasteiger partial charge >= 0.3 is 0 Å².